The third-order valence-electron chi connectivity index (χ3n) is 8.21. The van der Waals surface area contributed by atoms with E-state index in [2.05, 4.69) is 47.4 Å². The van der Waals surface area contributed by atoms with Crippen LogP contribution in [-0.2, 0) is 11.3 Å². The number of benzene rings is 1. The van der Waals surface area contributed by atoms with Crippen LogP contribution in [0, 0.1) is 6.92 Å². The van der Waals surface area contributed by atoms with E-state index in [-0.39, 0.29) is 17.9 Å². The molecule has 13 heteroatoms. The maximum atomic E-state index is 13.6. The van der Waals surface area contributed by atoms with Crippen LogP contribution in [0.5, 0.6) is 0 Å². The number of hydrogen-bond donors (Lipinski definition) is 2. The van der Waals surface area contributed by atoms with E-state index in [1.807, 2.05) is 37.3 Å². The van der Waals surface area contributed by atoms with Crippen molar-refractivity contribution < 1.29 is 9.59 Å². The monoisotopic (exact) mass is 626 g/mol. The average molecular weight is 627 g/mol. The number of nitrogens with one attached hydrogen (secondary N) is 2. The van der Waals surface area contributed by atoms with Gasteiger partial charge in [-0.05, 0) is 57.6 Å². The molecule has 1 fully saturated rings. The quantitative estimate of drug-likeness (QED) is 0.296. The molecule has 0 aliphatic carbocycles. The van der Waals surface area contributed by atoms with Gasteiger partial charge in [-0.3, -0.25) is 9.59 Å². The minimum absolute atomic E-state index is 0.225. The summed E-state index contributed by atoms with van der Waals surface area (Å²) in [4.78, 5) is 55.2. The van der Waals surface area contributed by atoms with Gasteiger partial charge in [-0.2, -0.15) is 0 Å². The van der Waals surface area contributed by atoms with Crippen molar-refractivity contribution in [2.45, 2.75) is 39.4 Å². The number of aryl methyl sites for hydroxylation is 1. The fraction of sp³-hybridized carbons (Fsp3) is 0.344. The van der Waals surface area contributed by atoms with Crippen molar-refractivity contribution >= 4 is 41.0 Å². The number of anilines is 3. The van der Waals surface area contributed by atoms with Crippen molar-refractivity contribution in [3.05, 3.63) is 82.5 Å². The van der Waals surface area contributed by atoms with E-state index in [1.54, 1.807) is 37.1 Å². The van der Waals surface area contributed by atoms with E-state index in [9.17, 15) is 9.59 Å². The highest BCUT2D eigenvalue weighted by Crippen LogP contribution is 2.32. The normalized spacial score (nSPS) is 16.3. The first-order valence-electron chi connectivity index (χ1n) is 14.9. The number of carbonyl (C=O) groups is 2. The SMILES string of the molecule is Cc1nccc(Nc2ncc(Cl)c(-c3ccc4c(c3)C(=O)N(C(C)C(=O)NC(C)c3cccc(N5CCN(C)CC5)n3)C4)n2)n1. The first-order chi connectivity index (χ1) is 21.7. The van der Waals surface area contributed by atoms with Gasteiger partial charge in [0.15, 0.2) is 0 Å². The maximum absolute atomic E-state index is 13.6. The molecule has 2 N–H and O–H groups in total. The molecule has 2 atom stereocenters. The largest absolute Gasteiger partial charge is 0.354 e. The van der Waals surface area contributed by atoms with Gasteiger partial charge in [0.05, 0.1) is 28.6 Å². The van der Waals surface area contributed by atoms with Crippen LogP contribution >= 0.6 is 11.6 Å². The standard InChI is InChI=1S/C32H35ClN10O2/c1-19(26-6-5-7-28(38-26)42-14-12-41(4)13-15-42)36-30(44)20(2)43-18-23-9-8-22(16-24(23)31(43)45)29-25(33)17-35-32(40-29)39-27-10-11-34-21(3)37-27/h5-11,16-17,19-20H,12-15,18H2,1-4H3,(H,36,44)(H,34,35,37,39,40). The molecule has 2 aliphatic heterocycles. The second-order valence-electron chi connectivity index (χ2n) is 11.4. The topological polar surface area (TPSA) is 132 Å². The second-order valence-corrected chi connectivity index (χ2v) is 11.8. The molecule has 0 saturated carbocycles. The molecule has 0 radical (unpaired) electrons. The van der Waals surface area contributed by atoms with Crippen LogP contribution in [0.4, 0.5) is 17.6 Å². The number of halogens is 1. The van der Waals surface area contributed by atoms with E-state index in [0.29, 0.717) is 46.0 Å². The highest BCUT2D eigenvalue weighted by atomic mass is 35.5. The summed E-state index contributed by atoms with van der Waals surface area (Å²) in [5, 5.41) is 6.47. The molecule has 6 rings (SSSR count). The summed E-state index contributed by atoms with van der Waals surface area (Å²) in [5.41, 5.74) is 3.25. The molecule has 3 aromatic heterocycles. The van der Waals surface area contributed by atoms with Crippen molar-refractivity contribution in [3.8, 4) is 11.3 Å². The molecular formula is C32H35ClN10O2. The molecule has 232 valence electrons. The fourth-order valence-corrected chi connectivity index (χ4v) is 5.70. The molecule has 2 amide bonds. The molecule has 5 heterocycles. The van der Waals surface area contributed by atoms with Crippen LogP contribution in [0.1, 0.15) is 47.3 Å². The third kappa shape index (κ3) is 6.57. The Morgan fingerprint density at radius 2 is 1.80 bits per heavy atom. The number of pyridine rings is 1. The van der Waals surface area contributed by atoms with Gasteiger partial charge < -0.3 is 25.3 Å². The molecule has 0 spiro atoms. The van der Waals surface area contributed by atoms with Gasteiger partial charge in [-0.15, -0.1) is 0 Å². The van der Waals surface area contributed by atoms with Crippen LogP contribution < -0.4 is 15.5 Å². The van der Waals surface area contributed by atoms with Crippen LogP contribution in [0.3, 0.4) is 0 Å². The number of nitrogens with zero attached hydrogens (tertiary/aromatic N) is 8. The molecule has 2 unspecified atom stereocenters. The summed E-state index contributed by atoms with van der Waals surface area (Å²) in [6, 6.07) is 12.1. The number of fused-ring (bicyclic) bond motifs is 1. The van der Waals surface area contributed by atoms with Crippen molar-refractivity contribution in [1.82, 2.24) is 40.0 Å². The molecule has 45 heavy (non-hydrogen) atoms. The minimum Gasteiger partial charge on any atom is -0.354 e. The molecule has 1 saturated heterocycles. The smallest absolute Gasteiger partial charge is 0.255 e. The fourth-order valence-electron chi connectivity index (χ4n) is 5.50. The van der Waals surface area contributed by atoms with E-state index >= 15 is 0 Å². The number of aromatic nitrogens is 5. The number of carbonyl (C=O) groups excluding carboxylic acids is 2. The Labute approximate surface area is 266 Å². The van der Waals surface area contributed by atoms with Gasteiger partial charge in [0.1, 0.15) is 23.5 Å². The Kier molecular flexibility index (Phi) is 8.59. The molecule has 4 aromatic rings. The van der Waals surface area contributed by atoms with Gasteiger partial charge in [0.25, 0.3) is 5.91 Å². The number of likely N-dealkylation sites (N-methyl/N-ethyl adjacent to an activating group) is 1. The number of piperazine rings is 1. The lowest BCUT2D eigenvalue weighted by Gasteiger charge is -2.33. The van der Waals surface area contributed by atoms with Crippen LogP contribution in [-0.4, -0.2) is 85.8 Å². The minimum atomic E-state index is -0.689. The number of hydrogen-bond acceptors (Lipinski definition) is 10. The Balaban J connectivity index is 1.13. The van der Waals surface area contributed by atoms with Crippen molar-refractivity contribution in [2.75, 3.05) is 43.4 Å². The van der Waals surface area contributed by atoms with Crippen LogP contribution in [0.25, 0.3) is 11.3 Å². The zero-order valence-electron chi connectivity index (χ0n) is 25.7. The molecule has 12 nitrogen and oxygen atoms in total. The zero-order chi connectivity index (χ0) is 31.7. The maximum Gasteiger partial charge on any atom is 0.255 e. The summed E-state index contributed by atoms with van der Waals surface area (Å²) in [6.45, 7) is 9.56. The van der Waals surface area contributed by atoms with Crippen molar-refractivity contribution in [2.24, 2.45) is 0 Å². The first-order valence-corrected chi connectivity index (χ1v) is 15.3. The highest BCUT2D eigenvalue weighted by Gasteiger charge is 2.35. The Morgan fingerprint density at radius 1 is 1.00 bits per heavy atom. The first kappa shape index (κ1) is 30.4. The molecule has 1 aromatic carbocycles. The lowest BCUT2D eigenvalue weighted by Crippen LogP contribution is -2.46. The summed E-state index contributed by atoms with van der Waals surface area (Å²) in [7, 11) is 2.12. The van der Waals surface area contributed by atoms with Crippen molar-refractivity contribution in [3.63, 3.8) is 0 Å². The molecule has 2 aliphatic rings. The highest BCUT2D eigenvalue weighted by molar-refractivity contribution is 6.33. The van der Waals surface area contributed by atoms with Crippen molar-refractivity contribution in [1.29, 1.82) is 0 Å². The van der Waals surface area contributed by atoms with E-state index in [1.165, 1.54) is 6.20 Å². The zero-order valence-corrected chi connectivity index (χ0v) is 26.4. The van der Waals surface area contributed by atoms with Gasteiger partial charge in [-0.1, -0.05) is 29.8 Å². The lowest BCUT2D eigenvalue weighted by molar-refractivity contribution is -0.125. The van der Waals surface area contributed by atoms with Gasteiger partial charge in [-0.25, -0.2) is 24.9 Å². The third-order valence-corrected chi connectivity index (χ3v) is 8.48. The van der Waals surface area contributed by atoms with Gasteiger partial charge in [0.2, 0.25) is 11.9 Å². The van der Waals surface area contributed by atoms with Crippen LogP contribution in [0.2, 0.25) is 5.02 Å². The van der Waals surface area contributed by atoms with E-state index < -0.39 is 6.04 Å². The number of rotatable bonds is 8. The number of amides is 2. The van der Waals surface area contributed by atoms with E-state index in [4.69, 9.17) is 16.6 Å². The average Bonchev–Trinajstić information content (AvgIpc) is 3.37. The Hall–Kier alpha value is -4.68. The van der Waals surface area contributed by atoms with Gasteiger partial charge >= 0.3 is 0 Å². The Morgan fingerprint density at radius 3 is 2.58 bits per heavy atom. The van der Waals surface area contributed by atoms with E-state index in [0.717, 1.165) is 43.3 Å². The molecular weight excluding hydrogens is 592 g/mol. The predicted molar refractivity (Wildman–Crippen MR) is 172 cm³/mol. The summed E-state index contributed by atoms with van der Waals surface area (Å²) >= 11 is 6.49. The molecule has 0 bridgehead atoms. The Bertz CT molecular complexity index is 1740. The second kappa shape index (κ2) is 12.7. The predicted octanol–water partition coefficient (Wildman–Crippen LogP) is 4.01. The summed E-state index contributed by atoms with van der Waals surface area (Å²) < 4.78 is 0. The van der Waals surface area contributed by atoms with Crippen LogP contribution in [0.15, 0.2) is 54.9 Å². The summed E-state index contributed by atoms with van der Waals surface area (Å²) in [6.07, 6.45) is 3.15. The van der Waals surface area contributed by atoms with Gasteiger partial charge in [0, 0.05) is 50.0 Å². The lowest BCUT2D eigenvalue weighted by atomic mass is 10.0. The summed E-state index contributed by atoms with van der Waals surface area (Å²) in [5.74, 6) is 1.91.